The van der Waals surface area contributed by atoms with Gasteiger partial charge in [0.2, 0.25) is 0 Å². The van der Waals surface area contributed by atoms with Crippen molar-refractivity contribution in [2.75, 3.05) is 19.8 Å². The number of aryl methyl sites for hydroxylation is 1. The van der Waals surface area contributed by atoms with Crippen LogP contribution in [0.4, 0.5) is 0 Å². The number of carbonyl (C=O) groups excluding carboxylic acids is 1. The molecule has 1 aromatic rings. The molecule has 2 heterocycles. The predicted octanol–water partition coefficient (Wildman–Crippen LogP) is 1.29. The Hall–Kier alpha value is -1.69. The Kier molecular flexibility index (Phi) is 4.57. The standard InChI is InChI=1S/C16H23N3O3/c1-2-8-19-15(20)6-5-14(17-19)16(21)18(13-3-4-13)10-12-7-9-22-11-12/h5-6,12-13H,2-4,7-11H2,1H3/t12-/m1/s1. The highest BCUT2D eigenvalue weighted by atomic mass is 16.5. The molecule has 0 aromatic carbocycles. The summed E-state index contributed by atoms with van der Waals surface area (Å²) < 4.78 is 6.80. The number of aromatic nitrogens is 2. The van der Waals surface area contributed by atoms with Crippen LogP contribution < -0.4 is 5.56 Å². The largest absolute Gasteiger partial charge is 0.381 e. The number of rotatable bonds is 6. The summed E-state index contributed by atoms with van der Waals surface area (Å²) in [6.07, 6.45) is 3.96. The maximum absolute atomic E-state index is 12.8. The molecule has 2 fully saturated rings. The molecule has 0 N–H and O–H groups in total. The van der Waals surface area contributed by atoms with E-state index in [0.29, 0.717) is 24.2 Å². The van der Waals surface area contributed by atoms with Crippen molar-refractivity contribution in [3.8, 4) is 0 Å². The van der Waals surface area contributed by atoms with Crippen molar-refractivity contribution >= 4 is 5.91 Å². The lowest BCUT2D eigenvalue weighted by Gasteiger charge is -2.25. The van der Waals surface area contributed by atoms with Gasteiger partial charge in [0.05, 0.1) is 6.61 Å². The van der Waals surface area contributed by atoms with Gasteiger partial charge in [0, 0.05) is 37.7 Å². The van der Waals surface area contributed by atoms with Gasteiger partial charge in [-0.2, -0.15) is 5.10 Å². The first kappa shape index (κ1) is 15.2. The molecule has 120 valence electrons. The van der Waals surface area contributed by atoms with Gasteiger partial charge in [-0.05, 0) is 31.7 Å². The molecule has 22 heavy (non-hydrogen) atoms. The molecule has 3 rings (SSSR count). The zero-order valence-electron chi connectivity index (χ0n) is 13.0. The van der Waals surface area contributed by atoms with Crippen LogP contribution in [0.2, 0.25) is 0 Å². The minimum absolute atomic E-state index is 0.0562. The Morgan fingerprint density at radius 1 is 1.41 bits per heavy atom. The molecule has 2 aliphatic rings. The molecule has 1 saturated heterocycles. The summed E-state index contributed by atoms with van der Waals surface area (Å²) in [7, 11) is 0. The SMILES string of the molecule is CCCn1nc(C(=O)N(C[C@H]2CCOC2)C2CC2)ccc1=O. The zero-order valence-corrected chi connectivity index (χ0v) is 13.0. The molecule has 1 aliphatic carbocycles. The fraction of sp³-hybridized carbons (Fsp3) is 0.688. The summed E-state index contributed by atoms with van der Waals surface area (Å²) in [5, 5.41) is 4.25. The molecule has 0 bridgehead atoms. The second-order valence-electron chi connectivity index (χ2n) is 6.20. The monoisotopic (exact) mass is 305 g/mol. The topological polar surface area (TPSA) is 64.4 Å². The molecule has 6 nitrogen and oxygen atoms in total. The van der Waals surface area contributed by atoms with Crippen LogP contribution in [0.3, 0.4) is 0 Å². The maximum Gasteiger partial charge on any atom is 0.274 e. The lowest BCUT2D eigenvalue weighted by atomic mass is 10.1. The van der Waals surface area contributed by atoms with Crippen LogP contribution in [-0.2, 0) is 11.3 Å². The van der Waals surface area contributed by atoms with Crippen molar-refractivity contribution in [2.24, 2.45) is 5.92 Å². The van der Waals surface area contributed by atoms with Crippen LogP contribution in [0.1, 0.15) is 43.1 Å². The van der Waals surface area contributed by atoms with Crippen molar-refractivity contribution in [3.63, 3.8) is 0 Å². The Morgan fingerprint density at radius 3 is 2.86 bits per heavy atom. The molecule has 0 spiro atoms. The lowest BCUT2D eigenvalue weighted by Crippen LogP contribution is -2.39. The molecule has 1 aliphatic heterocycles. The second-order valence-corrected chi connectivity index (χ2v) is 6.20. The van der Waals surface area contributed by atoms with Gasteiger partial charge in [0.15, 0.2) is 0 Å². The van der Waals surface area contributed by atoms with Crippen molar-refractivity contribution in [1.82, 2.24) is 14.7 Å². The Morgan fingerprint density at radius 2 is 2.23 bits per heavy atom. The Bertz CT molecular complexity index is 589. The molecule has 1 atom stereocenters. The van der Waals surface area contributed by atoms with Crippen LogP contribution in [0, 0.1) is 5.92 Å². The maximum atomic E-state index is 12.8. The average molecular weight is 305 g/mol. The lowest BCUT2D eigenvalue weighted by molar-refractivity contribution is 0.0697. The first-order chi connectivity index (χ1) is 10.7. The van der Waals surface area contributed by atoms with E-state index in [1.54, 1.807) is 6.07 Å². The molecule has 1 amide bonds. The third-order valence-corrected chi connectivity index (χ3v) is 4.25. The second kappa shape index (κ2) is 6.60. The van der Waals surface area contributed by atoms with E-state index in [1.807, 2.05) is 11.8 Å². The highest BCUT2D eigenvalue weighted by Gasteiger charge is 2.35. The van der Waals surface area contributed by atoms with Gasteiger partial charge in [-0.3, -0.25) is 9.59 Å². The first-order valence-electron chi connectivity index (χ1n) is 8.16. The van der Waals surface area contributed by atoms with Gasteiger partial charge in [-0.15, -0.1) is 0 Å². The van der Waals surface area contributed by atoms with Crippen LogP contribution >= 0.6 is 0 Å². The van der Waals surface area contributed by atoms with Gasteiger partial charge in [-0.25, -0.2) is 4.68 Å². The summed E-state index contributed by atoms with van der Waals surface area (Å²) >= 11 is 0. The highest BCUT2D eigenvalue weighted by Crippen LogP contribution is 2.30. The van der Waals surface area contributed by atoms with E-state index in [0.717, 1.165) is 45.4 Å². The molecular weight excluding hydrogens is 282 g/mol. The molecular formula is C16H23N3O3. The van der Waals surface area contributed by atoms with E-state index in [1.165, 1.54) is 10.7 Å². The smallest absolute Gasteiger partial charge is 0.274 e. The highest BCUT2D eigenvalue weighted by molar-refractivity contribution is 5.92. The fourth-order valence-electron chi connectivity index (χ4n) is 2.87. The van der Waals surface area contributed by atoms with E-state index in [4.69, 9.17) is 4.74 Å². The third-order valence-electron chi connectivity index (χ3n) is 4.25. The molecule has 0 unspecified atom stereocenters. The van der Waals surface area contributed by atoms with Crippen molar-refractivity contribution < 1.29 is 9.53 Å². The summed E-state index contributed by atoms with van der Waals surface area (Å²) in [6.45, 7) is 4.79. The molecule has 1 saturated carbocycles. The summed E-state index contributed by atoms with van der Waals surface area (Å²) in [5.41, 5.74) is 0.222. The predicted molar refractivity (Wildman–Crippen MR) is 81.8 cm³/mol. The van der Waals surface area contributed by atoms with E-state index in [2.05, 4.69) is 5.10 Å². The normalized spacial score (nSPS) is 21.0. The number of ether oxygens (including phenoxy) is 1. The fourth-order valence-corrected chi connectivity index (χ4v) is 2.87. The van der Waals surface area contributed by atoms with Gasteiger partial charge in [-0.1, -0.05) is 6.92 Å². The quantitative estimate of drug-likeness (QED) is 0.794. The third kappa shape index (κ3) is 3.38. The molecule has 1 aromatic heterocycles. The number of amides is 1. The minimum atomic E-state index is -0.152. The van der Waals surface area contributed by atoms with Gasteiger partial charge in [0.1, 0.15) is 5.69 Å². The zero-order chi connectivity index (χ0) is 15.5. The number of nitrogens with zero attached hydrogens (tertiary/aromatic N) is 3. The number of hydrogen-bond donors (Lipinski definition) is 0. The van der Waals surface area contributed by atoms with E-state index in [-0.39, 0.29) is 11.5 Å². The Labute approximate surface area is 130 Å². The first-order valence-corrected chi connectivity index (χ1v) is 8.16. The van der Waals surface area contributed by atoms with Gasteiger partial charge >= 0.3 is 0 Å². The molecule has 0 radical (unpaired) electrons. The molecule has 6 heteroatoms. The summed E-state index contributed by atoms with van der Waals surface area (Å²) in [4.78, 5) is 26.5. The van der Waals surface area contributed by atoms with Gasteiger partial charge < -0.3 is 9.64 Å². The van der Waals surface area contributed by atoms with Crippen molar-refractivity contribution in [3.05, 3.63) is 28.2 Å². The Balaban J connectivity index is 1.77. The summed E-state index contributed by atoms with van der Waals surface area (Å²) in [5.74, 6) is 0.366. The van der Waals surface area contributed by atoms with Crippen LogP contribution in [0.25, 0.3) is 0 Å². The van der Waals surface area contributed by atoms with Crippen molar-refractivity contribution in [1.29, 1.82) is 0 Å². The summed E-state index contributed by atoms with van der Waals surface area (Å²) in [6, 6.07) is 3.33. The van der Waals surface area contributed by atoms with Gasteiger partial charge in [0.25, 0.3) is 11.5 Å². The van der Waals surface area contributed by atoms with E-state index in [9.17, 15) is 9.59 Å². The van der Waals surface area contributed by atoms with E-state index >= 15 is 0 Å². The number of carbonyl (C=O) groups is 1. The van der Waals surface area contributed by atoms with Crippen molar-refractivity contribution in [2.45, 2.75) is 45.2 Å². The van der Waals surface area contributed by atoms with Crippen LogP contribution in [-0.4, -0.2) is 46.4 Å². The van der Waals surface area contributed by atoms with Crippen LogP contribution in [0.5, 0.6) is 0 Å². The minimum Gasteiger partial charge on any atom is -0.381 e. The van der Waals surface area contributed by atoms with E-state index < -0.39 is 0 Å². The van der Waals surface area contributed by atoms with Crippen LogP contribution in [0.15, 0.2) is 16.9 Å². The number of hydrogen-bond acceptors (Lipinski definition) is 4. The average Bonchev–Trinajstić information content (AvgIpc) is 3.23.